The number of para-hydroxylation sites is 1. The first-order valence-corrected chi connectivity index (χ1v) is 11.1. The van der Waals surface area contributed by atoms with E-state index in [-0.39, 0.29) is 10.8 Å². The highest BCUT2D eigenvalue weighted by molar-refractivity contribution is 7.92. The normalized spacial score (nSPS) is 13.3. The Morgan fingerprint density at radius 3 is 2.58 bits per heavy atom. The molecular formula is C23H21N3O4S. The number of methoxy groups -OCH3 is 1. The largest absolute Gasteiger partial charge is 0.481 e. The van der Waals surface area contributed by atoms with Crippen molar-refractivity contribution in [3.05, 3.63) is 84.1 Å². The maximum Gasteiger partial charge on any atom is 0.264 e. The quantitative estimate of drug-likeness (QED) is 0.599. The number of rotatable bonds is 6. The summed E-state index contributed by atoms with van der Waals surface area (Å²) in [4.78, 5) is 16.3. The lowest BCUT2D eigenvalue weighted by Crippen LogP contribution is -2.29. The molecular weight excluding hydrogens is 414 g/mol. The zero-order chi connectivity index (χ0) is 21.8. The predicted molar refractivity (Wildman–Crippen MR) is 120 cm³/mol. The van der Waals surface area contributed by atoms with Crippen LogP contribution in [-0.4, -0.2) is 33.0 Å². The van der Waals surface area contributed by atoms with Gasteiger partial charge in [-0.2, -0.15) is 0 Å². The van der Waals surface area contributed by atoms with Crippen LogP contribution in [0.1, 0.15) is 11.1 Å². The van der Waals surface area contributed by atoms with E-state index in [4.69, 9.17) is 4.74 Å². The molecule has 0 saturated heterocycles. The average molecular weight is 436 g/mol. The van der Waals surface area contributed by atoms with Gasteiger partial charge in [-0.15, -0.1) is 0 Å². The van der Waals surface area contributed by atoms with Gasteiger partial charge in [0, 0.05) is 18.7 Å². The number of aromatic nitrogens is 1. The number of benzene rings is 2. The summed E-state index contributed by atoms with van der Waals surface area (Å²) in [5.41, 5.74) is 3.02. The number of nitrogens with one attached hydrogen (secondary N) is 1. The second-order valence-electron chi connectivity index (χ2n) is 6.94. The lowest BCUT2D eigenvalue weighted by Gasteiger charge is -2.19. The van der Waals surface area contributed by atoms with Crippen molar-refractivity contribution in [2.24, 2.45) is 0 Å². The molecule has 1 aliphatic heterocycles. The molecule has 0 spiro atoms. The van der Waals surface area contributed by atoms with Crippen LogP contribution in [0.3, 0.4) is 0 Å². The molecule has 0 atom stereocenters. The highest BCUT2D eigenvalue weighted by Gasteiger charge is 2.30. The average Bonchev–Trinajstić information content (AvgIpc) is 3.24. The molecule has 8 heteroatoms. The summed E-state index contributed by atoms with van der Waals surface area (Å²) in [5.74, 6) is 0.137. The minimum absolute atomic E-state index is 0.218. The fourth-order valence-electron chi connectivity index (χ4n) is 3.37. The van der Waals surface area contributed by atoms with Crippen LogP contribution in [0.4, 0.5) is 11.4 Å². The summed E-state index contributed by atoms with van der Waals surface area (Å²) in [6.07, 6.45) is 5.20. The van der Waals surface area contributed by atoms with Gasteiger partial charge in [0.05, 0.1) is 29.6 Å². The maximum atomic E-state index is 13.1. The van der Waals surface area contributed by atoms with Crippen molar-refractivity contribution in [3.63, 3.8) is 0 Å². The number of ether oxygens (including phenoxy) is 1. The molecule has 0 radical (unpaired) electrons. The molecule has 0 aliphatic carbocycles. The number of amides is 1. The predicted octanol–water partition coefficient (Wildman–Crippen LogP) is 3.49. The Balaban J connectivity index is 1.43. The Kier molecular flexibility index (Phi) is 5.73. The summed E-state index contributed by atoms with van der Waals surface area (Å²) in [5, 5.41) is 2.70. The number of pyridine rings is 1. The van der Waals surface area contributed by atoms with Gasteiger partial charge in [0.2, 0.25) is 11.8 Å². The van der Waals surface area contributed by atoms with E-state index in [1.807, 2.05) is 24.3 Å². The van der Waals surface area contributed by atoms with Crippen LogP contribution in [0.25, 0.3) is 6.08 Å². The number of sulfonamides is 1. The van der Waals surface area contributed by atoms with Gasteiger partial charge in [0.25, 0.3) is 10.0 Å². The monoisotopic (exact) mass is 435 g/mol. The van der Waals surface area contributed by atoms with E-state index in [2.05, 4.69) is 10.3 Å². The van der Waals surface area contributed by atoms with Gasteiger partial charge in [0.1, 0.15) is 0 Å². The van der Waals surface area contributed by atoms with E-state index in [1.54, 1.807) is 42.5 Å². The summed E-state index contributed by atoms with van der Waals surface area (Å²) in [6.45, 7) is 0.434. The van der Waals surface area contributed by atoms with Crippen molar-refractivity contribution < 1.29 is 17.9 Å². The van der Waals surface area contributed by atoms with E-state index in [0.29, 0.717) is 30.1 Å². The van der Waals surface area contributed by atoms with Crippen LogP contribution in [0, 0.1) is 0 Å². The van der Waals surface area contributed by atoms with Crippen molar-refractivity contribution in [1.82, 2.24) is 4.98 Å². The van der Waals surface area contributed by atoms with Gasteiger partial charge in [-0.05, 0) is 47.9 Å². The number of hydrogen-bond donors (Lipinski definition) is 1. The standard InChI is InChI=1S/C23H21N3O4S/c1-30-23-13-9-19(16-24-23)25-22(27)12-8-17-6-10-20(11-7-17)31(28,29)26-15-14-18-4-2-3-5-21(18)26/h2-13,16H,14-15H2,1H3,(H,25,27)/b12-8+. The van der Waals surface area contributed by atoms with Gasteiger partial charge in [-0.3, -0.25) is 9.10 Å². The smallest absolute Gasteiger partial charge is 0.264 e. The van der Waals surface area contributed by atoms with Crippen LogP contribution in [0.2, 0.25) is 0 Å². The molecule has 4 rings (SSSR count). The first-order valence-electron chi connectivity index (χ1n) is 9.67. The molecule has 0 fully saturated rings. The third-order valence-corrected chi connectivity index (χ3v) is 6.78. The summed E-state index contributed by atoms with van der Waals surface area (Å²) < 4.78 is 32.5. The number of nitrogens with zero attached hydrogens (tertiary/aromatic N) is 2. The Morgan fingerprint density at radius 2 is 1.87 bits per heavy atom. The van der Waals surface area contributed by atoms with Gasteiger partial charge in [-0.1, -0.05) is 30.3 Å². The molecule has 31 heavy (non-hydrogen) atoms. The highest BCUT2D eigenvalue weighted by atomic mass is 32.2. The van der Waals surface area contributed by atoms with Crippen molar-refractivity contribution in [3.8, 4) is 5.88 Å². The van der Waals surface area contributed by atoms with E-state index in [9.17, 15) is 13.2 Å². The number of hydrogen-bond acceptors (Lipinski definition) is 5. The molecule has 0 saturated carbocycles. The maximum absolute atomic E-state index is 13.1. The molecule has 1 N–H and O–H groups in total. The van der Waals surface area contributed by atoms with E-state index in [0.717, 1.165) is 11.3 Å². The Bertz CT molecular complexity index is 1220. The Hall–Kier alpha value is -3.65. The SMILES string of the molecule is COc1ccc(NC(=O)/C=C/c2ccc(S(=O)(=O)N3CCc4ccccc43)cc2)cn1. The molecule has 1 aliphatic rings. The fraction of sp³-hybridized carbons (Fsp3) is 0.130. The number of carbonyl (C=O) groups is 1. The van der Waals surface area contributed by atoms with Crippen molar-refractivity contribution in [2.45, 2.75) is 11.3 Å². The van der Waals surface area contributed by atoms with Gasteiger partial charge in [-0.25, -0.2) is 13.4 Å². The molecule has 2 aromatic carbocycles. The Labute approximate surface area is 181 Å². The lowest BCUT2D eigenvalue weighted by molar-refractivity contribution is -0.111. The van der Waals surface area contributed by atoms with Gasteiger partial charge >= 0.3 is 0 Å². The highest BCUT2D eigenvalue weighted by Crippen LogP contribution is 2.32. The van der Waals surface area contributed by atoms with Crippen LogP contribution < -0.4 is 14.4 Å². The van der Waals surface area contributed by atoms with Gasteiger partial charge in [0.15, 0.2) is 0 Å². The molecule has 3 aromatic rings. The van der Waals surface area contributed by atoms with E-state index in [1.165, 1.54) is 23.7 Å². The van der Waals surface area contributed by atoms with Crippen LogP contribution in [0.5, 0.6) is 5.88 Å². The first-order chi connectivity index (χ1) is 15.0. The number of carbonyl (C=O) groups excluding carboxylic acids is 1. The molecule has 1 aromatic heterocycles. The third-order valence-electron chi connectivity index (χ3n) is 4.95. The minimum atomic E-state index is -3.63. The zero-order valence-corrected chi connectivity index (χ0v) is 17.7. The van der Waals surface area contributed by atoms with E-state index < -0.39 is 10.0 Å². The molecule has 0 unspecified atom stereocenters. The van der Waals surface area contributed by atoms with Crippen molar-refractivity contribution >= 4 is 33.4 Å². The first kappa shape index (κ1) is 20.6. The summed E-state index contributed by atoms with van der Waals surface area (Å²) >= 11 is 0. The van der Waals surface area contributed by atoms with Crippen LogP contribution in [-0.2, 0) is 21.2 Å². The number of anilines is 2. The second kappa shape index (κ2) is 8.61. The summed E-state index contributed by atoms with van der Waals surface area (Å²) in [6, 6.07) is 17.3. The fourth-order valence-corrected chi connectivity index (χ4v) is 4.87. The molecule has 0 bridgehead atoms. The second-order valence-corrected chi connectivity index (χ2v) is 8.80. The third kappa shape index (κ3) is 4.44. The molecule has 158 valence electrons. The minimum Gasteiger partial charge on any atom is -0.481 e. The van der Waals surface area contributed by atoms with Crippen LogP contribution in [0.15, 0.2) is 77.8 Å². The lowest BCUT2D eigenvalue weighted by atomic mass is 10.2. The topological polar surface area (TPSA) is 88.6 Å². The van der Waals surface area contributed by atoms with Gasteiger partial charge < -0.3 is 10.1 Å². The molecule has 2 heterocycles. The Morgan fingerprint density at radius 1 is 1.10 bits per heavy atom. The zero-order valence-electron chi connectivity index (χ0n) is 16.9. The molecule has 1 amide bonds. The van der Waals surface area contributed by atoms with Crippen molar-refractivity contribution in [2.75, 3.05) is 23.3 Å². The van der Waals surface area contributed by atoms with E-state index >= 15 is 0 Å². The molecule has 7 nitrogen and oxygen atoms in total. The van der Waals surface area contributed by atoms with Crippen LogP contribution >= 0.6 is 0 Å². The summed E-state index contributed by atoms with van der Waals surface area (Å²) in [7, 11) is -2.12. The number of fused-ring (bicyclic) bond motifs is 1. The van der Waals surface area contributed by atoms with Crippen molar-refractivity contribution in [1.29, 1.82) is 0 Å².